The van der Waals surface area contributed by atoms with Gasteiger partial charge in [-0.25, -0.2) is 4.79 Å². The van der Waals surface area contributed by atoms with Crippen LogP contribution in [-0.2, 0) is 6.54 Å². The fraction of sp³-hybridized carbons (Fsp3) is 0.0952. The summed E-state index contributed by atoms with van der Waals surface area (Å²) in [6.07, 6.45) is 3.35. The van der Waals surface area contributed by atoms with Gasteiger partial charge in [-0.05, 0) is 60.5 Å². The Bertz CT molecular complexity index is 924. The summed E-state index contributed by atoms with van der Waals surface area (Å²) in [5.74, 6) is -0.196. The van der Waals surface area contributed by atoms with Gasteiger partial charge in [0, 0.05) is 35.9 Å². The van der Waals surface area contributed by atoms with Gasteiger partial charge in [-0.3, -0.25) is 9.78 Å². The predicted molar refractivity (Wildman–Crippen MR) is 106 cm³/mol. The fourth-order valence-corrected chi connectivity index (χ4v) is 2.47. The van der Waals surface area contributed by atoms with Gasteiger partial charge in [-0.1, -0.05) is 18.2 Å². The Morgan fingerprint density at radius 1 is 0.889 bits per heavy atom. The molecule has 6 heteroatoms. The minimum atomic E-state index is -0.316. The maximum Gasteiger partial charge on any atom is 0.319 e. The molecule has 0 radical (unpaired) electrons. The molecule has 1 aromatic heterocycles. The highest BCUT2D eigenvalue weighted by Crippen LogP contribution is 2.16. The highest BCUT2D eigenvalue weighted by Gasteiger charge is 2.08. The van der Waals surface area contributed by atoms with Crippen molar-refractivity contribution in [3.63, 3.8) is 0 Å². The van der Waals surface area contributed by atoms with Gasteiger partial charge in [-0.15, -0.1) is 0 Å². The average Bonchev–Trinajstić information content (AvgIpc) is 2.69. The summed E-state index contributed by atoms with van der Waals surface area (Å²) in [5, 5.41) is 8.39. The van der Waals surface area contributed by atoms with E-state index in [-0.39, 0.29) is 11.9 Å². The van der Waals surface area contributed by atoms with Crippen LogP contribution in [0.2, 0.25) is 0 Å². The summed E-state index contributed by atoms with van der Waals surface area (Å²) < 4.78 is 0. The fourth-order valence-electron chi connectivity index (χ4n) is 2.47. The lowest BCUT2D eigenvalue weighted by Crippen LogP contribution is -2.28. The van der Waals surface area contributed by atoms with Crippen molar-refractivity contribution in [2.24, 2.45) is 0 Å². The maximum absolute atomic E-state index is 12.3. The van der Waals surface area contributed by atoms with E-state index in [1.54, 1.807) is 36.7 Å². The van der Waals surface area contributed by atoms with E-state index in [2.05, 4.69) is 20.9 Å². The first-order valence-electron chi connectivity index (χ1n) is 8.52. The van der Waals surface area contributed by atoms with Crippen LogP contribution in [0.5, 0.6) is 0 Å². The summed E-state index contributed by atoms with van der Waals surface area (Å²) in [6, 6.07) is 17.7. The van der Waals surface area contributed by atoms with Gasteiger partial charge in [0.15, 0.2) is 0 Å². The predicted octanol–water partition coefficient (Wildman–Crippen LogP) is 3.96. The van der Waals surface area contributed by atoms with Crippen LogP contribution in [0.15, 0.2) is 73.1 Å². The van der Waals surface area contributed by atoms with Crippen molar-refractivity contribution in [2.45, 2.75) is 13.5 Å². The summed E-state index contributed by atoms with van der Waals surface area (Å²) in [6.45, 7) is 2.35. The molecule has 0 aliphatic carbocycles. The SMILES string of the molecule is Cc1ccccc1NC(=O)c1ccc(NC(=O)NCc2ccncc2)cc1. The van der Waals surface area contributed by atoms with Gasteiger partial charge in [0.2, 0.25) is 0 Å². The Hall–Kier alpha value is -3.67. The number of carbonyl (C=O) groups excluding carboxylic acids is 2. The largest absolute Gasteiger partial charge is 0.334 e. The van der Waals surface area contributed by atoms with Gasteiger partial charge in [0.1, 0.15) is 0 Å². The second-order valence-corrected chi connectivity index (χ2v) is 6.01. The molecule has 6 nitrogen and oxygen atoms in total. The van der Waals surface area contributed by atoms with E-state index in [1.165, 1.54) is 0 Å². The Morgan fingerprint density at radius 3 is 2.30 bits per heavy atom. The number of hydrogen-bond acceptors (Lipinski definition) is 3. The van der Waals surface area contributed by atoms with E-state index >= 15 is 0 Å². The summed E-state index contributed by atoms with van der Waals surface area (Å²) in [4.78, 5) is 28.2. The third kappa shape index (κ3) is 5.15. The lowest BCUT2D eigenvalue weighted by Gasteiger charge is -2.10. The first-order valence-corrected chi connectivity index (χ1v) is 8.52. The normalized spacial score (nSPS) is 10.1. The number of pyridine rings is 1. The Labute approximate surface area is 157 Å². The monoisotopic (exact) mass is 360 g/mol. The molecular formula is C21H20N4O2. The number of amides is 3. The Kier molecular flexibility index (Phi) is 5.79. The van der Waals surface area contributed by atoms with Crippen molar-refractivity contribution in [1.82, 2.24) is 10.3 Å². The molecule has 0 spiro atoms. The molecule has 0 aliphatic heterocycles. The van der Waals surface area contributed by atoms with Gasteiger partial charge in [0.05, 0.1) is 0 Å². The second-order valence-electron chi connectivity index (χ2n) is 6.01. The zero-order valence-corrected chi connectivity index (χ0v) is 14.9. The Morgan fingerprint density at radius 2 is 1.59 bits per heavy atom. The van der Waals surface area contributed by atoms with Crippen LogP contribution in [0.3, 0.4) is 0 Å². The molecule has 3 N–H and O–H groups in total. The van der Waals surface area contributed by atoms with E-state index < -0.39 is 0 Å². The van der Waals surface area contributed by atoms with Crippen LogP contribution in [0.25, 0.3) is 0 Å². The van der Waals surface area contributed by atoms with E-state index in [0.717, 1.165) is 16.8 Å². The molecule has 3 aromatic rings. The number of anilines is 2. The van der Waals surface area contributed by atoms with Crippen molar-refractivity contribution < 1.29 is 9.59 Å². The Balaban J connectivity index is 1.54. The van der Waals surface area contributed by atoms with Crippen LogP contribution in [0.4, 0.5) is 16.2 Å². The van der Waals surface area contributed by atoms with Crippen molar-refractivity contribution >= 4 is 23.3 Å². The molecule has 0 unspecified atom stereocenters. The standard InChI is InChI=1S/C21H20N4O2/c1-15-4-2-3-5-19(15)25-20(26)17-6-8-18(9-7-17)24-21(27)23-14-16-10-12-22-13-11-16/h2-13H,14H2,1H3,(H,25,26)(H2,23,24,27). The van der Waals surface area contributed by atoms with Crippen molar-refractivity contribution in [1.29, 1.82) is 0 Å². The molecule has 1 heterocycles. The first-order chi connectivity index (χ1) is 13.1. The number of aromatic nitrogens is 1. The molecule has 0 atom stereocenters. The number of urea groups is 1. The van der Waals surface area contributed by atoms with E-state index in [9.17, 15) is 9.59 Å². The number of hydrogen-bond donors (Lipinski definition) is 3. The molecule has 0 aliphatic rings. The molecule has 0 saturated heterocycles. The summed E-state index contributed by atoms with van der Waals surface area (Å²) in [5.41, 5.74) is 3.86. The van der Waals surface area contributed by atoms with Crippen LogP contribution >= 0.6 is 0 Å². The van der Waals surface area contributed by atoms with Crippen LogP contribution in [0.1, 0.15) is 21.5 Å². The van der Waals surface area contributed by atoms with Crippen molar-refractivity contribution in [3.05, 3.63) is 89.7 Å². The second kappa shape index (κ2) is 8.62. The zero-order chi connectivity index (χ0) is 19.1. The molecule has 0 saturated carbocycles. The maximum atomic E-state index is 12.3. The number of nitrogens with one attached hydrogen (secondary N) is 3. The lowest BCUT2D eigenvalue weighted by molar-refractivity contribution is 0.102. The number of benzene rings is 2. The topological polar surface area (TPSA) is 83.1 Å². The minimum absolute atomic E-state index is 0.196. The van der Waals surface area contributed by atoms with E-state index in [4.69, 9.17) is 0 Å². The van der Waals surface area contributed by atoms with Crippen molar-refractivity contribution in [3.8, 4) is 0 Å². The van der Waals surface area contributed by atoms with Gasteiger partial charge < -0.3 is 16.0 Å². The van der Waals surface area contributed by atoms with Gasteiger partial charge in [-0.2, -0.15) is 0 Å². The molecule has 0 fully saturated rings. The molecule has 3 rings (SSSR count). The van der Waals surface area contributed by atoms with Gasteiger partial charge in [0.25, 0.3) is 5.91 Å². The molecule has 136 valence electrons. The quantitative estimate of drug-likeness (QED) is 0.644. The third-order valence-corrected chi connectivity index (χ3v) is 4.00. The number of rotatable bonds is 5. The molecular weight excluding hydrogens is 340 g/mol. The zero-order valence-electron chi connectivity index (χ0n) is 14.9. The summed E-state index contributed by atoms with van der Waals surface area (Å²) in [7, 11) is 0. The summed E-state index contributed by atoms with van der Waals surface area (Å²) >= 11 is 0. The molecule has 0 bridgehead atoms. The average molecular weight is 360 g/mol. The molecule has 27 heavy (non-hydrogen) atoms. The number of para-hydroxylation sites is 1. The number of aryl methyl sites for hydroxylation is 1. The van der Waals surface area contributed by atoms with Gasteiger partial charge >= 0.3 is 6.03 Å². The molecule has 3 amide bonds. The van der Waals surface area contributed by atoms with Crippen molar-refractivity contribution in [2.75, 3.05) is 10.6 Å². The van der Waals surface area contributed by atoms with Crippen LogP contribution in [-0.4, -0.2) is 16.9 Å². The van der Waals surface area contributed by atoms with Crippen LogP contribution in [0, 0.1) is 6.92 Å². The smallest absolute Gasteiger partial charge is 0.319 e. The first kappa shape index (κ1) is 18.1. The number of nitrogens with zero attached hydrogens (tertiary/aromatic N) is 1. The molecule has 2 aromatic carbocycles. The van der Waals surface area contributed by atoms with Crippen LogP contribution < -0.4 is 16.0 Å². The minimum Gasteiger partial charge on any atom is -0.334 e. The highest BCUT2D eigenvalue weighted by atomic mass is 16.2. The number of carbonyl (C=O) groups is 2. The lowest BCUT2D eigenvalue weighted by atomic mass is 10.1. The van der Waals surface area contributed by atoms with E-state index in [0.29, 0.717) is 17.8 Å². The highest BCUT2D eigenvalue weighted by molar-refractivity contribution is 6.05. The third-order valence-electron chi connectivity index (χ3n) is 4.00. The van der Waals surface area contributed by atoms with E-state index in [1.807, 2.05) is 43.3 Å².